The number of amides is 2. The van der Waals surface area contributed by atoms with Gasteiger partial charge in [-0.15, -0.1) is 0 Å². The molecule has 2 aromatic rings. The van der Waals surface area contributed by atoms with E-state index in [1.165, 1.54) is 48.6 Å². The highest BCUT2D eigenvalue weighted by Crippen LogP contribution is 2.29. The van der Waals surface area contributed by atoms with Gasteiger partial charge < -0.3 is 14.8 Å². The molecular weight excluding hydrogens is 364 g/mol. The number of nitrogens with one attached hydrogen (secondary N) is 1. The summed E-state index contributed by atoms with van der Waals surface area (Å²) in [6.45, 7) is 4.14. The van der Waals surface area contributed by atoms with Crippen LogP contribution >= 0.6 is 0 Å². The molecule has 2 saturated heterocycles. The van der Waals surface area contributed by atoms with Crippen LogP contribution in [-0.4, -0.2) is 58.4 Å². The summed E-state index contributed by atoms with van der Waals surface area (Å²) < 4.78 is 2.45. The standard InChI is InChI=1S/C23H30N4O2/c28-22-12-24-23(29)21-16-25(10-11-27(21)22)14-18-15-26(13-17-6-2-1-3-7-17)20-9-5-4-8-19(18)20/h4-5,8-9,15,17,21H,1-3,6-7,10-14,16H2,(H,24,29). The van der Waals surface area contributed by atoms with E-state index in [4.69, 9.17) is 0 Å². The second kappa shape index (κ2) is 7.82. The maximum absolute atomic E-state index is 12.3. The second-order valence-electron chi connectivity index (χ2n) is 8.88. The minimum atomic E-state index is -0.347. The molecule has 1 aromatic carbocycles. The minimum Gasteiger partial charge on any atom is -0.347 e. The highest BCUT2D eigenvalue weighted by molar-refractivity contribution is 5.95. The molecule has 2 amide bonds. The summed E-state index contributed by atoms with van der Waals surface area (Å²) in [5.74, 6) is 0.806. The molecule has 5 rings (SSSR count). The molecule has 6 nitrogen and oxygen atoms in total. The largest absolute Gasteiger partial charge is 0.347 e. The van der Waals surface area contributed by atoms with Crippen LogP contribution in [0.5, 0.6) is 0 Å². The number of para-hydroxylation sites is 1. The average molecular weight is 395 g/mol. The highest BCUT2D eigenvalue weighted by atomic mass is 16.2. The monoisotopic (exact) mass is 394 g/mol. The van der Waals surface area contributed by atoms with Crippen molar-refractivity contribution in [1.82, 2.24) is 19.7 Å². The highest BCUT2D eigenvalue weighted by Gasteiger charge is 2.38. The topological polar surface area (TPSA) is 57.6 Å². The van der Waals surface area contributed by atoms with E-state index in [-0.39, 0.29) is 24.4 Å². The van der Waals surface area contributed by atoms with Gasteiger partial charge in [0.25, 0.3) is 0 Å². The van der Waals surface area contributed by atoms with E-state index < -0.39 is 0 Å². The molecule has 0 bridgehead atoms. The average Bonchev–Trinajstić information content (AvgIpc) is 3.09. The molecule has 3 aliphatic rings. The first kappa shape index (κ1) is 18.7. The van der Waals surface area contributed by atoms with Crippen molar-refractivity contribution >= 4 is 22.7 Å². The van der Waals surface area contributed by atoms with Crippen LogP contribution in [0.2, 0.25) is 0 Å². The minimum absolute atomic E-state index is 0.0194. The quantitative estimate of drug-likeness (QED) is 0.866. The van der Waals surface area contributed by atoms with Gasteiger partial charge in [-0.1, -0.05) is 37.5 Å². The first-order valence-corrected chi connectivity index (χ1v) is 11.1. The van der Waals surface area contributed by atoms with E-state index in [0.717, 1.165) is 25.6 Å². The lowest BCUT2D eigenvalue weighted by atomic mass is 9.89. The van der Waals surface area contributed by atoms with Crippen LogP contribution in [0.25, 0.3) is 10.9 Å². The summed E-state index contributed by atoms with van der Waals surface area (Å²) in [7, 11) is 0. The number of hydrogen-bond acceptors (Lipinski definition) is 3. The third-order valence-electron chi connectivity index (χ3n) is 6.95. The number of aromatic nitrogens is 1. The smallest absolute Gasteiger partial charge is 0.244 e. The van der Waals surface area contributed by atoms with Crippen LogP contribution in [-0.2, 0) is 22.7 Å². The zero-order valence-electron chi connectivity index (χ0n) is 17.0. The normalized spacial score (nSPS) is 24.0. The molecule has 6 heteroatoms. The maximum atomic E-state index is 12.3. The van der Waals surface area contributed by atoms with Crippen molar-refractivity contribution in [3.63, 3.8) is 0 Å². The molecular formula is C23H30N4O2. The van der Waals surface area contributed by atoms with Crippen LogP contribution in [0.3, 0.4) is 0 Å². The molecule has 1 unspecified atom stereocenters. The Morgan fingerprint density at radius 1 is 1.03 bits per heavy atom. The van der Waals surface area contributed by atoms with Gasteiger partial charge in [0.1, 0.15) is 6.04 Å². The lowest BCUT2D eigenvalue weighted by Gasteiger charge is -2.42. The zero-order chi connectivity index (χ0) is 19.8. The molecule has 1 atom stereocenters. The molecule has 3 heterocycles. The van der Waals surface area contributed by atoms with Crippen molar-refractivity contribution in [2.75, 3.05) is 26.2 Å². The van der Waals surface area contributed by atoms with E-state index in [1.807, 2.05) is 0 Å². The summed E-state index contributed by atoms with van der Waals surface area (Å²) in [4.78, 5) is 28.4. The molecule has 1 N–H and O–H groups in total. The van der Waals surface area contributed by atoms with Crippen LogP contribution in [0, 0.1) is 5.92 Å². The Hall–Kier alpha value is -2.34. The van der Waals surface area contributed by atoms with Crippen LogP contribution in [0.1, 0.15) is 37.7 Å². The summed E-state index contributed by atoms with van der Waals surface area (Å²) >= 11 is 0. The number of fused-ring (bicyclic) bond motifs is 2. The van der Waals surface area contributed by atoms with Crippen molar-refractivity contribution in [2.24, 2.45) is 5.92 Å². The lowest BCUT2D eigenvalue weighted by molar-refractivity contribution is -0.149. The first-order valence-electron chi connectivity index (χ1n) is 11.1. The van der Waals surface area contributed by atoms with Gasteiger partial charge in [-0.3, -0.25) is 14.5 Å². The van der Waals surface area contributed by atoms with Crippen molar-refractivity contribution in [1.29, 1.82) is 0 Å². The Morgan fingerprint density at radius 2 is 1.86 bits per heavy atom. The van der Waals surface area contributed by atoms with E-state index in [9.17, 15) is 9.59 Å². The summed E-state index contributed by atoms with van der Waals surface area (Å²) in [6.07, 6.45) is 9.13. The number of benzene rings is 1. The Labute approximate surface area is 171 Å². The van der Waals surface area contributed by atoms with E-state index in [0.29, 0.717) is 13.1 Å². The van der Waals surface area contributed by atoms with Crippen molar-refractivity contribution in [3.8, 4) is 0 Å². The number of carbonyl (C=O) groups is 2. The van der Waals surface area contributed by atoms with Gasteiger partial charge in [0.2, 0.25) is 11.8 Å². The van der Waals surface area contributed by atoms with Crippen LogP contribution in [0.4, 0.5) is 0 Å². The van der Waals surface area contributed by atoms with Gasteiger partial charge in [0, 0.05) is 49.8 Å². The Balaban J connectivity index is 1.35. The zero-order valence-corrected chi connectivity index (χ0v) is 17.0. The lowest BCUT2D eigenvalue weighted by Crippen LogP contribution is -2.65. The fourth-order valence-electron chi connectivity index (χ4n) is 5.38. The molecule has 154 valence electrons. The Morgan fingerprint density at radius 3 is 2.72 bits per heavy atom. The maximum Gasteiger partial charge on any atom is 0.244 e. The van der Waals surface area contributed by atoms with Gasteiger partial charge in [0.15, 0.2) is 0 Å². The molecule has 0 spiro atoms. The summed E-state index contributed by atoms with van der Waals surface area (Å²) in [5, 5.41) is 4.05. The van der Waals surface area contributed by atoms with Crippen molar-refractivity contribution < 1.29 is 9.59 Å². The van der Waals surface area contributed by atoms with Gasteiger partial charge >= 0.3 is 0 Å². The van der Waals surface area contributed by atoms with E-state index in [2.05, 4.69) is 45.2 Å². The van der Waals surface area contributed by atoms with Crippen molar-refractivity contribution in [2.45, 2.75) is 51.2 Å². The van der Waals surface area contributed by atoms with Gasteiger partial charge in [0.05, 0.1) is 6.54 Å². The Kier molecular flexibility index (Phi) is 5.04. The number of hydrogen-bond donors (Lipinski definition) is 1. The van der Waals surface area contributed by atoms with E-state index >= 15 is 0 Å². The number of carbonyl (C=O) groups excluding carboxylic acids is 2. The fraction of sp³-hybridized carbons (Fsp3) is 0.565. The van der Waals surface area contributed by atoms with Crippen LogP contribution in [0.15, 0.2) is 30.5 Å². The predicted molar refractivity (Wildman–Crippen MR) is 112 cm³/mol. The molecule has 1 aromatic heterocycles. The first-order chi connectivity index (χ1) is 14.2. The molecule has 29 heavy (non-hydrogen) atoms. The third kappa shape index (κ3) is 3.66. The Bertz CT molecular complexity index is 915. The third-order valence-corrected chi connectivity index (χ3v) is 6.95. The molecule has 0 radical (unpaired) electrons. The number of nitrogens with zero attached hydrogens (tertiary/aromatic N) is 3. The van der Waals surface area contributed by atoms with Gasteiger partial charge in [-0.05, 0) is 30.4 Å². The second-order valence-corrected chi connectivity index (χ2v) is 8.88. The molecule has 1 saturated carbocycles. The van der Waals surface area contributed by atoms with Gasteiger partial charge in [-0.25, -0.2) is 0 Å². The molecule has 1 aliphatic carbocycles. The summed E-state index contributed by atoms with van der Waals surface area (Å²) in [6, 6.07) is 8.34. The SMILES string of the molecule is O=C1NCC(=O)N2CCN(Cc3cn(CC4CCCCC4)c4ccccc34)CC12. The van der Waals surface area contributed by atoms with E-state index in [1.54, 1.807) is 4.90 Å². The van der Waals surface area contributed by atoms with Crippen molar-refractivity contribution in [3.05, 3.63) is 36.0 Å². The summed E-state index contributed by atoms with van der Waals surface area (Å²) in [5.41, 5.74) is 2.64. The van der Waals surface area contributed by atoms with Crippen LogP contribution < -0.4 is 5.32 Å². The number of rotatable bonds is 4. The van der Waals surface area contributed by atoms with Gasteiger partial charge in [-0.2, -0.15) is 0 Å². The molecule has 2 aliphatic heterocycles. The number of piperazine rings is 2. The predicted octanol–water partition coefficient (Wildman–Crippen LogP) is 2.36. The molecule has 3 fully saturated rings. The fourth-order valence-corrected chi connectivity index (χ4v) is 5.38.